The lowest BCUT2D eigenvalue weighted by molar-refractivity contribution is 0.0978. The van der Waals surface area contributed by atoms with Crippen molar-refractivity contribution in [3.8, 4) is 17.2 Å². The molecule has 5 rings (SSSR count). The van der Waals surface area contributed by atoms with E-state index < -0.39 is 5.82 Å². The lowest BCUT2D eigenvalue weighted by Gasteiger charge is -2.32. The molecule has 0 spiro atoms. The molecule has 0 N–H and O–H groups in total. The number of carbonyl (C=O) groups excluding carboxylic acids is 1. The van der Waals surface area contributed by atoms with Crippen molar-refractivity contribution in [2.45, 2.75) is 44.4 Å². The first-order valence-corrected chi connectivity index (χ1v) is 11.9. The summed E-state index contributed by atoms with van der Waals surface area (Å²) in [6.07, 6.45) is 8.55. The van der Waals surface area contributed by atoms with Crippen molar-refractivity contribution in [2.24, 2.45) is 5.92 Å². The molecule has 1 aliphatic heterocycles. The van der Waals surface area contributed by atoms with Gasteiger partial charge >= 0.3 is 0 Å². The molecule has 1 fully saturated rings. The van der Waals surface area contributed by atoms with Gasteiger partial charge in [0, 0.05) is 24.9 Å². The van der Waals surface area contributed by atoms with Gasteiger partial charge in [-0.15, -0.1) is 0 Å². The highest BCUT2D eigenvalue weighted by molar-refractivity contribution is 5.96. The first-order valence-electron chi connectivity index (χ1n) is 11.9. The van der Waals surface area contributed by atoms with Crippen LogP contribution in [0.4, 0.5) is 4.39 Å². The van der Waals surface area contributed by atoms with Crippen LogP contribution in [0, 0.1) is 11.7 Å². The second kappa shape index (κ2) is 10.2. The van der Waals surface area contributed by atoms with Crippen LogP contribution in [0.15, 0.2) is 60.9 Å². The van der Waals surface area contributed by atoms with Crippen LogP contribution in [0.1, 0.15) is 59.5 Å². The highest BCUT2D eigenvalue weighted by atomic mass is 19.1. The molecule has 5 nitrogen and oxygen atoms in total. The molecule has 2 aliphatic rings. The normalized spacial score (nSPS) is 19.1. The van der Waals surface area contributed by atoms with Gasteiger partial charge in [-0.3, -0.25) is 9.78 Å². The standard InChI is InChI=1S/C28H28FNO4/c29-25-10-8-20(14-24(25)26(31)11-7-19-4-3-13-30-16-19)23-6-2-1-5-21(23)17-32-22-9-12-27-28(15-22)34-18-33-27/h3-4,8-10,12-16,21,23H,1-2,5-7,11,17-18H2/t21-,23-/m0/s1. The van der Waals surface area contributed by atoms with E-state index in [0.29, 0.717) is 24.7 Å². The van der Waals surface area contributed by atoms with E-state index in [9.17, 15) is 9.18 Å². The van der Waals surface area contributed by atoms with Crippen molar-refractivity contribution in [3.63, 3.8) is 0 Å². The fraction of sp³-hybridized carbons (Fsp3) is 0.357. The average Bonchev–Trinajstić information content (AvgIpc) is 3.35. The Morgan fingerprint density at radius 3 is 2.82 bits per heavy atom. The lowest BCUT2D eigenvalue weighted by atomic mass is 9.75. The second-order valence-corrected chi connectivity index (χ2v) is 9.00. The van der Waals surface area contributed by atoms with Gasteiger partial charge in [-0.1, -0.05) is 25.0 Å². The van der Waals surface area contributed by atoms with Crippen LogP contribution in [0.5, 0.6) is 17.2 Å². The third-order valence-electron chi connectivity index (χ3n) is 6.80. The zero-order valence-electron chi connectivity index (χ0n) is 19.0. The molecule has 2 aromatic carbocycles. The number of aromatic nitrogens is 1. The molecule has 2 atom stereocenters. The number of nitrogens with zero attached hydrogens (tertiary/aromatic N) is 1. The molecular weight excluding hydrogens is 433 g/mol. The Hall–Kier alpha value is -3.41. The van der Waals surface area contributed by atoms with Crippen LogP contribution < -0.4 is 14.2 Å². The first-order chi connectivity index (χ1) is 16.7. The minimum atomic E-state index is -0.455. The van der Waals surface area contributed by atoms with E-state index in [4.69, 9.17) is 14.2 Å². The number of Topliss-reactive ketones (excluding diaryl/α,β-unsaturated/α-hetero) is 1. The summed E-state index contributed by atoms with van der Waals surface area (Å²) < 4.78 is 31.5. The van der Waals surface area contributed by atoms with E-state index in [-0.39, 0.29) is 30.5 Å². The summed E-state index contributed by atoms with van der Waals surface area (Å²) in [5.74, 6) is 2.08. The summed E-state index contributed by atoms with van der Waals surface area (Å²) >= 11 is 0. The highest BCUT2D eigenvalue weighted by Gasteiger charge is 2.28. The number of halogens is 1. The number of hydrogen-bond acceptors (Lipinski definition) is 5. The lowest BCUT2D eigenvalue weighted by Crippen LogP contribution is -2.24. The van der Waals surface area contributed by atoms with Gasteiger partial charge in [0.25, 0.3) is 0 Å². The number of rotatable bonds is 8. The van der Waals surface area contributed by atoms with Crippen molar-refractivity contribution in [2.75, 3.05) is 13.4 Å². The molecule has 1 aromatic heterocycles. The van der Waals surface area contributed by atoms with Gasteiger partial charge in [0.05, 0.1) is 12.2 Å². The van der Waals surface area contributed by atoms with Crippen molar-refractivity contribution < 1.29 is 23.4 Å². The van der Waals surface area contributed by atoms with Gasteiger partial charge in [0.15, 0.2) is 17.3 Å². The molecule has 1 saturated carbocycles. The van der Waals surface area contributed by atoms with Gasteiger partial charge in [0.2, 0.25) is 6.79 Å². The molecule has 34 heavy (non-hydrogen) atoms. The SMILES string of the molecule is O=C(CCc1cccnc1)c1cc([C@@H]2CCCC[C@H]2COc2ccc3c(c2)OCO3)ccc1F. The Kier molecular flexibility index (Phi) is 6.74. The number of benzene rings is 2. The molecule has 0 amide bonds. The Labute approximate surface area is 198 Å². The molecule has 0 bridgehead atoms. The molecule has 0 unspecified atom stereocenters. The van der Waals surface area contributed by atoms with Crippen LogP contribution in [0.3, 0.4) is 0 Å². The summed E-state index contributed by atoms with van der Waals surface area (Å²) in [6, 6.07) is 14.4. The molecule has 6 heteroatoms. The predicted molar refractivity (Wildman–Crippen MR) is 126 cm³/mol. The maximum atomic E-state index is 14.6. The van der Waals surface area contributed by atoms with Gasteiger partial charge in [0.1, 0.15) is 11.6 Å². The Morgan fingerprint density at radius 1 is 1.06 bits per heavy atom. The first kappa shape index (κ1) is 22.4. The molecule has 0 saturated heterocycles. The van der Waals surface area contributed by atoms with E-state index in [0.717, 1.165) is 48.3 Å². The number of aryl methyl sites for hydroxylation is 1. The summed E-state index contributed by atoms with van der Waals surface area (Å²) in [5, 5.41) is 0. The minimum absolute atomic E-state index is 0.174. The largest absolute Gasteiger partial charge is 0.493 e. The Morgan fingerprint density at radius 2 is 1.94 bits per heavy atom. The number of ether oxygens (including phenoxy) is 3. The van der Waals surface area contributed by atoms with Crippen molar-refractivity contribution in [1.29, 1.82) is 0 Å². The fourth-order valence-electron chi connectivity index (χ4n) is 4.94. The molecule has 3 aromatic rings. The highest BCUT2D eigenvalue weighted by Crippen LogP contribution is 2.40. The van der Waals surface area contributed by atoms with E-state index in [2.05, 4.69) is 4.98 Å². The molecule has 176 valence electrons. The minimum Gasteiger partial charge on any atom is -0.493 e. The van der Waals surface area contributed by atoms with Gasteiger partial charge < -0.3 is 14.2 Å². The number of pyridine rings is 1. The number of fused-ring (bicyclic) bond motifs is 1. The third kappa shape index (κ3) is 5.06. The summed E-state index contributed by atoms with van der Waals surface area (Å²) in [7, 11) is 0. The van der Waals surface area contributed by atoms with E-state index >= 15 is 0 Å². The Balaban J connectivity index is 1.27. The van der Waals surface area contributed by atoms with E-state index in [1.165, 1.54) is 6.07 Å². The van der Waals surface area contributed by atoms with Gasteiger partial charge in [-0.2, -0.15) is 0 Å². The molecule has 0 radical (unpaired) electrons. The Bertz CT molecular complexity index is 1150. The number of ketones is 1. The number of carbonyl (C=O) groups is 1. The van der Waals surface area contributed by atoms with Crippen LogP contribution in [0.25, 0.3) is 0 Å². The topological polar surface area (TPSA) is 57.7 Å². The maximum Gasteiger partial charge on any atom is 0.231 e. The zero-order chi connectivity index (χ0) is 23.3. The van der Waals surface area contributed by atoms with Gasteiger partial charge in [-0.25, -0.2) is 4.39 Å². The van der Waals surface area contributed by atoms with Crippen molar-refractivity contribution in [1.82, 2.24) is 4.98 Å². The average molecular weight is 462 g/mol. The molecule has 1 aliphatic carbocycles. The van der Waals surface area contributed by atoms with Gasteiger partial charge in [-0.05, 0) is 72.6 Å². The smallest absolute Gasteiger partial charge is 0.231 e. The van der Waals surface area contributed by atoms with E-state index in [1.807, 2.05) is 36.4 Å². The fourth-order valence-corrected chi connectivity index (χ4v) is 4.94. The second-order valence-electron chi connectivity index (χ2n) is 9.00. The van der Waals surface area contributed by atoms with Crippen LogP contribution in [-0.2, 0) is 6.42 Å². The van der Waals surface area contributed by atoms with Crippen LogP contribution >= 0.6 is 0 Å². The summed E-state index contributed by atoms with van der Waals surface area (Å²) in [4.78, 5) is 16.9. The molecular formula is C28H28FNO4. The van der Waals surface area contributed by atoms with Crippen LogP contribution in [0.2, 0.25) is 0 Å². The van der Waals surface area contributed by atoms with Crippen molar-refractivity contribution >= 4 is 5.78 Å². The summed E-state index contributed by atoms with van der Waals surface area (Å²) in [6.45, 7) is 0.795. The third-order valence-corrected chi connectivity index (χ3v) is 6.80. The molecule has 2 heterocycles. The quantitative estimate of drug-likeness (QED) is 0.379. The monoisotopic (exact) mass is 461 g/mol. The number of hydrogen-bond donors (Lipinski definition) is 0. The maximum absolute atomic E-state index is 14.6. The van der Waals surface area contributed by atoms with Crippen molar-refractivity contribution in [3.05, 3.63) is 83.4 Å². The zero-order valence-corrected chi connectivity index (χ0v) is 19.0. The predicted octanol–water partition coefficient (Wildman–Crippen LogP) is 6.12. The van der Waals surface area contributed by atoms with Crippen LogP contribution in [-0.4, -0.2) is 24.2 Å². The van der Waals surface area contributed by atoms with E-state index in [1.54, 1.807) is 18.5 Å². The summed E-state index contributed by atoms with van der Waals surface area (Å²) in [5.41, 5.74) is 2.17.